The number of benzene rings is 2. The van der Waals surface area contributed by atoms with Gasteiger partial charge in [-0.15, -0.1) is 0 Å². The van der Waals surface area contributed by atoms with Crippen LogP contribution in [0.25, 0.3) is 0 Å². The molecule has 33 heavy (non-hydrogen) atoms. The van der Waals surface area contributed by atoms with Crippen LogP contribution in [-0.2, 0) is 26.2 Å². The number of carbonyl (C=O) groups is 2. The predicted molar refractivity (Wildman–Crippen MR) is 131 cm³/mol. The molecule has 2 atom stereocenters. The van der Waals surface area contributed by atoms with E-state index >= 15 is 0 Å². The third-order valence-electron chi connectivity index (χ3n) is 5.23. The van der Waals surface area contributed by atoms with Crippen molar-refractivity contribution in [1.29, 1.82) is 0 Å². The summed E-state index contributed by atoms with van der Waals surface area (Å²) in [5.74, 6) is -1.75. The molecule has 10 heteroatoms. The molecule has 0 saturated carbocycles. The lowest BCUT2D eigenvalue weighted by molar-refractivity contribution is -0.139. The maximum atomic E-state index is 14.4. The standard InChI is InChI=1S/C23H29BrFN3O4S/c1-5-16(2)26-23(30)17(3)27(14-18-10-12-19(24)13-11-18)22(29)15-28(33(4,31)32)21-9-7-6-8-20(21)25/h6-13,16-17H,5,14-15H2,1-4H3,(H,26,30)/t16-,17+/m1/s1. The van der Waals surface area contributed by atoms with Crippen LogP contribution in [0.1, 0.15) is 32.8 Å². The molecule has 0 aliphatic rings. The Morgan fingerprint density at radius 1 is 1.09 bits per heavy atom. The lowest BCUT2D eigenvalue weighted by atomic mass is 10.1. The molecule has 2 aromatic rings. The van der Waals surface area contributed by atoms with Crippen molar-refractivity contribution in [3.05, 3.63) is 64.4 Å². The zero-order valence-electron chi connectivity index (χ0n) is 19.1. The second kappa shape index (κ2) is 11.6. The first-order chi connectivity index (χ1) is 15.4. The summed E-state index contributed by atoms with van der Waals surface area (Å²) in [4.78, 5) is 27.5. The maximum absolute atomic E-state index is 14.4. The summed E-state index contributed by atoms with van der Waals surface area (Å²) in [5.41, 5.74) is 0.528. The summed E-state index contributed by atoms with van der Waals surface area (Å²) >= 11 is 3.36. The van der Waals surface area contributed by atoms with Gasteiger partial charge in [-0.05, 0) is 50.1 Å². The molecule has 2 rings (SSSR count). The van der Waals surface area contributed by atoms with Gasteiger partial charge in [-0.25, -0.2) is 12.8 Å². The van der Waals surface area contributed by atoms with Gasteiger partial charge in [0.1, 0.15) is 18.4 Å². The lowest BCUT2D eigenvalue weighted by Gasteiger charge is -2.32. The normalized spacial score (nSPS) is 13.2. The minimum atomic E-state index is -3.98. The van der Waals surface area contributed by atoms with Crippen LogP contribution in [0.2, 0.25) is 0 Å². The molecule has 1 N–H and O–H groups in total. The van der Waals surface area contributed by atoms with E-state index in [0.717, 1.165) is 26.7 Å². The first kappa shape index (κ1) is 26.8. The van der Waals surface area contributed by atoms with Gasteiger partial charge in [-0.2, -0.15) is 0 Å². The van der Waals surface area contributed by atoms with E-state index in [1.807, 2.05) is 26.0 Å². The lowest BCUT2D eigenvalue weighted by Crippen LogP contribution is -2.52. The van der Waals surface area contributed by atoms with Crippen LogP contribution in [0.15, 0.2) is 53.0 Å². The number of sulfonamides is 1. The summed E-state index contributed by atoms with van der Waals surface area (Å²) in [6.45, 7) is 4.81. The van der Waals surface area contributed by atoms with Crippen molar-refractivity contribution in [3.8, 4) is 0 Å². The van der Waals surface area contributed by atoms with Gasteiger partial charge in [-0.3, -0.25) is 13.9 Å². The van der Waals surface area contributed by atoms with Gasteiger partial charge in [0.15, 0.2) is 0 Å². The molecule has 0 spiro atoms. The van der Waals surface area contributed by atoms with Gasteiger partial charge in [0.05, 0.1) is 11.9 Å². The number of nitrogens with one attached hydrogen (secondary N) is 1. The molecule has 0 aromatic heterocycles. The number of para-hydroxylation sites is 1. The fourth-order valence-electron chi connectivity index (χ4n) is 3.08. The monoisotopic (exact) mass is 541 g/mol. The van der Waals surface area contributed by atoms with E-state index in [4.69, 9.17) is 0 Å². The number of hydrogen-bond donors (Lipinski definition) is 1. The van der Waals surface area contributed by atoms with Crippen LogP contribution in [-0.4, -0.2) is 50.0 Å². The minimum Gasteiger partial charge on any atom is -0.352 e. The number of nitrogens with zero attached hydrogens (tertiary/aromatic N) is 2. The summed E-state index contributed by atoms with van der Waals surface area (Å²) in [6.07, 6.45) is 1.62. The molecule has 0 fully saturated rings. The van der Waals surface area contributed by atoms with E-state index in [9.17, 15) is 22.4 Å². The van der Waals surface area contributed by atoms with Gasteiger partial charge >= 0.3 is 0 Å². The van der Waals surface area contributed by atoms with E-state index in [1.54, 1.807) is 19.1 Å². The van der Waals surface area contributed by atoms with Gasteiger partial charge in [0.25, 0.3) is 0 Å². The molecule has 0 aliphatic carbocycles. The van der Waals surface area contributed by atoms with Crippen molar-refractivity contribution in [2.24, 2.45) is 0 Å². The summed E-state index contributed by atoms with van der Waals surface area (Å²) in [7, 11) is -3.98. The molecule has 0 bridgehead atoms. The average molecular weight is 542 g/mol. The number of amides is 2. The number of anilines is 1. The van der Waals surface area contributed by atoms with Crippen molar-refractivity contribution in [1.82, 2.24) is 10.2 Å². The Balaban J connectivity index is 2.39. The van der Waals surface area contributed by atoms with Gasteiger partial charge in [0, 0.05) is 17.1 Å². The summed E-state index contributed by atoms with van der Waals surface area (Å²) < 4.78 is 40.8. The average Bonchev–Trinajstić information content (AvgIpc) is 2.76. The quantitative estimate of drug-likeness (QED) is 0.497. The van der Waals surface area contributed by atoms with Crippen molar-refractivity contribution in [2.75, 3.05) is 17.1 Å². The second-order valence-corrected chi connectivity index (χ2v) is 10.7. The summed E-state index contributed by atoms with van der Waals surface area (Å²) in [5, 5.41) is 2.85. The second-order valence-electron chi connectivity index (χ2n) is 7.86. The van der Waals surface area contributed by atoms with Crippen LogP contribution in [0.3, 0.4) is 0 Å². The van der Waals surface area contributed by atoms with E-state index < -0.39 is 34.3 Å². The van der Waals surface area contributed by atoms with Crippen LogP contribution in [0.4, 0.5) is 10.1 Å². The van der Waals surface area contributed by atoms with E-state index in [1.165, 1.54) is 23.1 Å². The van der Waals surface area contributed by atoms with Gasteiger partial charge < -0.3 is 10.2 Å². The van der Waals surface area contributed by atoms with E-state index in [0.29, 0.717) is 6.42 Å². The molecular weight excluding hydrogens is 513 g/mol. The highest BCUT2D eigenvalue weighted by Crippen LogP contribution is 2.22. The van der Waals surface area contributed by atoms with Crippen LogP contribution in [0.5, 0.6) is 0 Å². The molecule has 2 aromatic carbocycles. The van der Waals surface area contributed by atoms with E-state index in [2.05, 4.69) is 21.2 Å². The maximum Gasteiger partial charge on any atom is 0.244 e. The number of halogens is 2. The molecule has 7 nitrogen and oxygen atoms in total. The highest BCUT2D eigenvalue weighted by atomic mass is 79.9. The molecule has 180 valence electrons. The Morgan fingerprint density at radius 3 is 2.24 bits per heavy atom. The fraction of sp³-hybridized carbons (Fsp3) is 0.391. The molecule has 0 unspecified atom stereocenters. The zero-order valence-corrected chi connectivity index (χ0v) is 21.5. The largest absolute Gasteiger partial charge is 0.352 e. The van der Waals surface area contributed by atoms with E-state index in [-0.39, 0.29) is 24.2 Å². The minimum absolute atomic E-state index is 0.0794. The molecule has 0 aliphatic heterocycles. The molecular formula is C23H29BrFN3O4S. The third kappa shape index (κ3) is 7.53. The molecule has 0 radical (unpaired) electrons. The number of carbonyl (C=O) groups excluding carboxylic acids is 2. The Morgan fingerprint density at radius 2 is 1.70 bits per heavy atom. The first-order valence-electron chi connectivity index (χ1n) is 10.5. The smallest absolute Gasteiger partial charge is 0.244 e. The third-order valence-corrected chi connectivity index (χ3v) is 6.89. The topological polar surface area (TPSA) is 86.8 Å². The van der Waals surface area contributed by atoms with Crippen LogP contribution in [0, 0.1) is 5.82 Å². The predicted octanol–water partition coefficient (Wildman–Crippen LogP) is 3.69. The van der Waals surface area contributed by atoms with Crippen LogP contribution < -0.4 is 9.62 Å². The summed E-state index contributed by atoms with van der Waals surface area (Å²) in [6, 6.07) is 11.6. The Labute approximate surface area is 203 Å². The van der Waals surface area contributed by atoms with Crippen molar-refractivity contribution < 1.29 is 22.4 Å². The van der Waals surface area contributed by atoms with Gasteiger partial charge in [0.2, 0.25) is 21.8 Å². The van der Waals surface area contributed by atoms with Gasteiger partial charge in [-0.1, -0.05) is 47.1 Å². The molecule has 0 saturated heterocycles. The molecule has 2 amide bonds. The van der Waals surface area contributed by atoms with Crippen molar-refractivity contribution in [3.63, 3.8) is 0 Å². The number of rotatable bonds is 10. The fourth-order valence-corrected chi connectivity index (χ4v) is 4.20. The van der Waals surface area contributed by atoms with Crippen molar-refractivity contribution in [2.45, 2.75) is 45.8 Å². The Hall–Kier alpha value is -2.46. The van der Waals surface area contributed by atoms with Crippen LogP contribution >= 0.6 is 15.9 Å². The molecule has 0 heterocycles. The number of hydrogen-bond acceptors (Lipinski definition) is 4. The zero-order chi connectivity index (χ0) is 24.8. The highest BCUT2D eigenvalue weighted by molar-refractivity contribution is 9.10. The first-order valence-corrected chi connectivity index (χ1v) is 13.1. The van der Waals surface area contributed by atoms with Crippen molar-refractivity contribution >= 4 is 43.5 Å². The Kier molecular flexibility index (Phi) is 9.42. The Bertz CT molecular complexity index is 1080. The SMILES string of the molecule is CC[C@@H](C)NC(=O)[C@H](C)N(Cc1ccc(Br)cc1)C(=O)CN(c1ccccc1F)S(C)(=O)=O. The highest BCUT2D eigenvalue weighted by Gasteiger charge is 2.31.